The minimum absolute atomic E-state index is 0.117. The van der Waals surface area contributed by atoms with Gasteiger partial charge in [-0.2, -0.15) is 5.10 Å². The summed E-state index contributed by atoms with van der Waals surface area (Å²) in [5, 5.41) is 4.41. The van der Waals surface area contributed by atoms with Crippen LogP contribution in [0.25, 0.3) is 5.69 Å². The molecule has 1 heterocycles. The van der Waals surface area contributed by atoms with E-state index in [-0.39, 0.29) is 11.4 Å². The number of esters is 1. The highest BCUT2D eigenvalue weighted by atomic mass is 16.5. The van der Waals surface area contributed by atoms with Crippen LogP contribution < -0.4 is 0 Å². The third-order valence-corrected chi connectivity index (χ3v) is 2.96. The fourth-order valence-corrected chi connectivity index (χ4v) is 1.99. The van der Waals surface area contributed by atoms with Crippen molar-refractivity contribution in [2.75, 3.05) is 6.61 Å². The van der Waals surface area contributed by atoms with Gasteiger partial charge in [0.05, 0.1) is 18.0 Å². The van der Waals surface area contributed by atoms with Crippen molar-refractivity contribution in [3.05, 3.63) is 47.8 Å². The number of para-hydroxylation sites is 1. The lowest BCUT2D eigenvalue weighted by Crippen LogP contribution is -2.17. The first-order valence-electron chi connectivity index (χ1n) is 6.76. The standard InChI is InChI=1S/C16H20N2O2/c1-5-20-15(19)13-11-14(16(2,3)4)18(17-13)12-9-7-6-8-10-12/h6-11H,5H2,1-4H3. The number of benzene rings is 1. The first-order chi connectivity index (χ1) is 9.43. The molecule has 0 spiro atoms. The fourth-order valence-electron chi connectivity index (χ4n) is 1.99. The third-order valence-electron chi connectivity index (χ3n) is 2.96. The van der Waals surface area contributed by atoms with E-state index in [4.69, 9.17) is 4.74 Å². The van der Waals surface area contributed by atoms with Gasteiger partial charge in [-0.3, -0.25) is 0 Å². The highest BCUT2D eigenvalue weighted by Gasteiger charge is 2.24. The number of carbonyl (C=O) groups excluding carboxylic acids is 1. The van der Waals surface area contributed by atoms with Crippen LogP contribution in [0, 0.1) is 0 Å². The zero-order valence-corrected chi connectivity index (χ0v) is 12.4. The van der Waals surface area contributed by atoms with Crippen LogP contribution in [-0.2, 0) is 10.2 Å². The first kappa shape index (κ1) is 14.3. The minimum atomic E-state index is -0.382. The van der Waals surface area contributed by atoms with Gasteiger partial charge in [0.25, 0.3) is 0 Å². The number of aromatic nitrogens is 2. The number of ether oxygens (including phenoxy) is 1. The Morgan fingerprint density at radius 3 is 2.45 bits per heavy atom. The van der Waals surface area contributed by atoms with E-state index in [0.717, 1.165) is 11.4 Å². The van der Waals surface area contributed by atoms with Gasteiger partial charge in [-0.05, 0) is 25.1 Å². The lowest BCUT2D eigenvalue weighted by Gasteiger charge is -2.20. The molecular weight excluding hydrogens is 252 g/mol. The molecule has 1 aromatic carbocycles. The summed E-state index contributed by atoms with van der Waals surface area (Å²) in [6.07, 6.45) is 0. The predicted molar refractivity (Wildman–Crippen MR) is 78.2 cm³/mol. The van der Waals surface area contributed by atoms with Crippen LogP contribution >= 0.6 is 0 Å². The third kappa shape index (κ3) is 2.90. The Labute approximate surface area is 119 Å². The average molecular weight is 272 g/mol. The van der Waals surface area contributed by atoms with Crippen molar-refractivity contribution in [2.45, 2.75) is 33.1 Å². The summed E-state index contributed by atoms with van der Waals surface area (Å²) in [6.45, 7) is 8.42. The summed E-state index contributed by atoms with van der Waals surface area (Å²) in [7, 11) is 0. The van der Waals surface area contributed by atoms with Crippen molar-refractivity contribution in [3.8, 4) is 5.69 Å². The van der Waals surface area contributed by atoms with Gasteiger partial charge in [0, 0.05) is 5.41 Å². The van der Waals surface area contributed by atoms with E-state index in [1.807, 2.05) is 41.1 Å². The van der Waals surface area contributed by atoms with Crippen LogP contribution in [0.2, 0.25) is 0 Å². The van der Waals surface area contributed by atoms with E-state index < -0.39 is 0 Å². The van der Waals surface area contributed by atoms with Crippen molar-refractivity contribution >= 4 is 5.97 Å². The molecule has 0 atom stereocenters. The van der Waals surface area contributed by atoms with Gasteiger partial charge in [0.1, 0.15) is 0 Å². The van der Waals surface area contributed by atoms with E-state index in [1.165, 1.54) is 0 Å². The van der Waals surface area contributed by atoms with Crippen molar-refractivity contribution in [3.63, 3.8) is 0 Å². The van der Waals surface area contributed by atoms with Crippen molar-refractivity contribution in [2.24, 2.45) is 0 Å². The quantitative estimate of drug-likeness (QED) is 0.805. The van der Waals surface area contributed by atoms with Crippen molar-refractivity contribution in [1.82, 2.24) is 9.78 Å². The monoisotopic (exact) mass is 272 g/mol. The van der Waals surface area contributed by atoms with Gasteiger partial charge in [-0.25, -0.2) is 9.48 Å². The van der Waals surface area contributed by atoms with Crippen LogP contribution in [0.4, 0.5) is 0 Å². The molecule has 4 nitrogen and oxygen atoms in total. The van der Waals surface area contributed by atoms with Crippen LogP contribution in [0.1, 0.15) is 43.9 Å². The van der Waals surface area contributed by atoms with Gasteiger partial charge < -0.3 is 4.74 Å². The molecule has 1 aromatic heterocycles. The number of nitrogens with zero attached hydrogens (tertiary/aromatic N) is 2. The SMILES string of the molecule is CCOC(=O)c1cc(C(C)(C)C)n(-c2ccccc2)n1. The van der Waals surface area contributed by atoms with E-state index in [9.17, 15) is 4.79 Å². The number of rotatable bonds is 3. The Kier molecular flexibility index (Phi) is 3.93. The molecule has 0 saturated heterocycles. The van der Waals surface area contributed by atoms with E-state index in [0.29, 0.717) is 12.3 Å². The first-order valence-corrected chi connectivity index (χ1v) is 6.76. The molecule has 20 heavy (non-hydrogen) atoms. The van der Waals surface area contributed by atoms with Crippen LogP contribution in [-0.4, -0.2) is 22.4 Å². The number of hydrogen-bond acceptors (Lipinski definition) is 3. The molecule has 0 aliphatic heterocycles. The molecule has 0 saturated carbocycles. The van der Waals surface area contributed by atoms with Crippen LogP contribution in [0.5, 0.6) is 0 Å². The van der Waals surface area contributed by atoms with Crippen molar-refractivity contribution < 1.29 is 9.53 Å². The Bertz CT molecular complexity index is 595. The summed E-state index contributed by atoms with van der Waals surface area (Å²) >= 11 is 0. The maximum absolute atomic E-state index is 11.9. The second kappa shape index (κ2) is 5.49. The molecule has 0 aliphatic rings. The molecular formula is C16H20N2O2. The summed E-state index contributed by atoms with van der Waals surface area (Å²) in [5.74, 6) is -0.382. The molecule has 2 rings (SSSR count). The zero-order valence-electron chi connectivity index (χ0n) is 12.4. The van der Waals surface area contributed by atoms with Gasteiger partial charge >= 0.3 is 5.97 Å². The van der Waals surface area contributed by atoms with E-state index in [2.05, 4.69) is 25.9 Å². The lowest BCUT2D eigenvalue weighted by atomic mass is 9.91. The van der Waals surface area contributed by atoms with Crippen LogP contribution in [0.3, 0.4) is 0 Å². The Morgan fingerprint density at radius 2 is 1.90 bits per heavy atom. The van der Waals surface area contributed by atoms with E-state index >= 15 is 0 Å². The van der Waals surface area contributed by atoms with Crippen LogP contribution in [0.15, 0.2) is 36.4 Å². The largest absolute Gasteiger partial charge is 0.461 e. The summed E-state index contributed by atoms with van der Waals surface area (Å²) < 4.78 is 6.84. The molecule has 2 aromatic rings. The molecule has 0 radical (unpaired) electrons. The molecule has 0 amide bonds. The number of hydrogen-bond donors (Lipinski definition) is 0. The predicted octanol–water partition coefficient (Wildman–Crippen LogP) is 3.35. The smallest absolute Gasteiger partial charge is 0.358 e. The number of carbonyl (C=O) groups is 1. The molecule has 0 unspecified atom stereocenters. The van der Waals surface area contributed by atoms with Gasteiger partial charge in [0.15, 0.2) is 5.69 Å². The maximum Gasteiger partial charge on any atom is 0.358 e. The van der Waals surface area contributed by atoms with Gasteiger partial charge in [0.2, 0.25) is 0 Å². The Morgan fingerprint density at radius 1 is 1.25 bits per heavy atom. The molecule has 106 valence electrons. The summed E-state index contributed by atoms with van der Waals surface area (Å²) in [5.41, 5.74) is 2.15. The second-order valence-corrected chi connectivity index (χ2v) is 5.63. The average Bonchev–Trinajstić information content (AvgIpc) is 2.85. The molecule has 4 heteroatoms. The Hall–Kier alpha value is -2.10. The highest BCUT2D eigenvalue weighted by molar-refractivity contribution is 5.87. The lowest BCUT2D eigenvalue weighted by molar-refractivity contribution is 0.0519. The van der Waals surface area contributed by atoms with Gasteiger partial charge in [-0.1, -0.05) is 39.0 Å². The molecule has 0 fully saturated rings. The summed E-state index contributed by atoms with van der Waals surface area (Å²) in [6, 6.07) is 11.6. The van der Waals surface area contributed by atoms with Gasteiger partial charge in [-0.15, -0.1) is 0 Å². The minimum Gasteiger partial charge on any atom is -0.461 e. The molecule has 0 bridgehead atoms. The maximum atomic E-state index is 11.9. The zero-order chi connectivity index (χ0) is 14.8. The topological polar surface area (TPSA) is 44.1 Å². The molecule has 0 aliphatic carbocycles. The van der Waals surface area contributed by atoms with Crippen molar-refractivity contribution in [1.29, 1.82) is 0 Å². The normalized spacial score (nSPS) is 11.4. The van der Waals surface area contributed by atoms with E-state index in [1.54, 1.807) is 6.92 Å². The molecule has 0 N–H and O–H groups in total. The highest BCUT2D eigenvalue weighted by Crippen LogP contribution is 2.26. The Balaban J connectivity index is 2.52. The summed E-state index contributed by atoms with van der Waals surface area (Å²) in [4.78, 5) is 11.9. The fraction of sp³-hybridized carbons (Fsp3) is 0.375. The second-order valence-electron chi connectivity index (χ2n) is 5.63.